The van der Waals surface area contributed by atoms with E-state index in [1.165, 1.54) is 0 Å². The van der Waals surface area contributed by atoms with Crippen molar-refractivity contribution in [2.45, 2.75) is 56.7 Å². The molecular weight excluding hydrogens is 378 g/mol. The van der Waals surface area contributed by atoms with E-state index in [1.807, 2.05) is 30.3 Å². The highest BCUT2D eigenvalue weighted by Crippen LogP contribution is 2.27. The number of fused-ring (bicyclic) bond motifs is 1. The van der Waals surface area contributed by atoms with E-state index in [4.69, 9.17) is 5.73 Å². The molecule has 2 aromatic rings. The minimum absolute atomic E-state index is 0.135. The molecular formula is C23H25N5O2. The average molecular weight is 403 g/mol. The molecule has 1 aromatic carbocycles. The second-order valence-corrected chi connectivity index (χ2v) is 8.19. The normalized spacial score (nSPS) is 18.1. The zero-order chi connectivity index (χ0) is 21.1. The van der Waals surface area contributed by atoms with E-state index in [9.17, 15) is 14.9 Å². The summed E-state index contributed by atoms with van der Waals surface area (Å²) in [6.45, 7) is 0.499. The Hall–Kier alpha value is -3.24. The highest BCUT2D eigenvalue weighted by atomic mass is 16.2. The summed E-state index contributed by atoms with van der Waals surface area (Å²) in [7, 11) is 0. The first kappa shape index (κ1) is 20.0. The molecule has 1 aromatic heterocycles. The van der Waals surface area contributed by atoms with Gasteiger partial charge in [-0.15, -0.1) is 0 Å². The van der Waals surface area contributed by atoms with Crippen molar-refractivity contribution in [1.82, 2.24) is 15.6 Å². The molecule has 4 rings (SSSR count). The molecule has 2 amide bonds. The number of carbonyl (C=O) groups is 2. The minimum Gasteiger partial charge on any atom is -0.347 e. The molecule has 0 radical (unpaired) electrons. The van der Waals surface area contributed by atoms with Crippen LogP contribution in [0, 0.1) is 11.3 Å². The Morgan fingerprint density at radius 2 is 1.97 bits per heavy atom. The van der Waals surface area contributed by atoms with Gasteiger partial charge in [-0.2, -0.15) is 5.26 Å². The van der Waals surface area contributed by atoms with Crippen molar-refractivity contribution in [3.05, 3.63) is 53.3 Å². The summed E-state index contributed by atoms with van der Waals surface area (Å²) in [6.07, 6.45) is 6.45. The number of amides is 2. The van der Waals surface area contributed by atoms with Gasteiger partial charge in [0.25, 0.3) is 5.91 Å². The lowest BCUT2D eigenvalue weighted by Crippen LogP contribution is -2.57. The molecule has 4 N–H and O–H groups in total. The summed E-state index contributed by atoms with van der Waals surface area (Å²) in [4.78, 5) is 28.5. The van der Waals surface area contributed by atoms with Gasteiger partial charge in [0, 0.05) is 30.3 Å². The van der Waals surface area contributed by atoms with Gasteiger partial charge in [-0.05, 0) is 30.0 Å². The number of carbonyl (C=O) groups excluding carboxylic acids is 2. The van der Waals surface area contributed by atoms with Gasteiger partial charge in [0.1, 0.15) is 11.7 Å². The summed E-state index contributed by atoms with van der Waals surface area (Å²) >= 11 is 0. The van der Waals surface area contributed by atoms with Gasteiger partial charge in [0.05, 0.1) is 11.6 Å². The summed E-state index contributed by atoms with van der Waals surface area (Å²) in [5, 5.41) is 15.1. The molecule has 1 fully saturated rings. The third kappa shape index (κ3) is 4.05. The van der Waals surface area contributed by atoms with Crippen LogP contribution in [0.15, 0.2) is 36.5 Å². The Balaban J connectivity index is 1.42. The highest BCUT2D eigenvalue weighted by molar-refractivity contribution is 5.96. The van der Waals surface area contributed by atoms with Gasteiger partial charge in [0.15, 0.2) is 0 Å². The van der Waals surface area contributed by atoms with E-state index in [0.29, 0.717) is 31.5 Å². The van der Waals surface area contributed by atoms with Crippen LogP contribution in [0.2, 0.25) is 0 Å². The standard InChI is InChI=1S/C23H25N5O2/c24-12-19(28-22(30)23(25)8-2-1-3-9-23)10-15-4-6-16(7-5-15)17-11-18-14-27-21(29)20(18)26-13-17/h4-7,11,13,19H,1-3,8-10,14,25H2,(H,27,29)(H,28,30). The Bertz CT molecular complexity index is 1000. The Morgan fingerprint density at radius 3 is 2.67 bits per heavy atom. The van der Waals surface area contributed by atoms with Gasteiger partial charge in [-0.3, -0.25) is 14.6 Å². The number of benzene rings is 1. The van der Waals surface area contributed by atoms with Gasteiger partial charge >= 0.3 is 0 Å². The van der Waals surface area contributed by atoms with E-state index < -0.39 is 11.6 Å². The van der Waals surface area contributed by atoms with Gasteiger partial charge < -0.3 is 16.4 Å². The van der Waals surface area contributed by atoms with Crippen molar-refractivity contribution in [1.29, 1.82) is 5.26 Å². The summed E-state index contributed by atoms with van der Waals surface area (Å²) in [5.41, 5.74) is 9.67. The molecule has 0 saturated heterocycles. The number of nitrogens with two attached hydrogens (primary N) is 1. The van der Waals surface area contributed by atoms with E-state index >= 15 is 0 Å². The van der Waals surface area contributed by atoms with E-state index in [2.05, 4.69) is 21.7 Å². The van der Waals surface area contributed by atoms with Crippen molar-refractivity contribution in [3.8, 4) is 17.2 Å². The Morgan fingerprint density at radius 1 is 1.23 bits per heavy atom. The predicted molar refractivity (Wildman–Crippen MR) is 112 cm³/mol. The highest BCUT2D eigenvalue weighted by Gasteiger charge is 2.36. The van der Waals surface area contributed by atoms with Crippen LogP contribution in [0.3, 0.4) is 0 Å². The topological polar surface area (TPSA) is 121 Å². The van der Waals surface area contributed by atoms with Gasteiger partial charge in [0.2, 0.25) is 5.91 Å². The molecule has 7 nitrogen and oxygen atoms in total. The maximum atomic E-state index is 12.6. The second kappa shape index (κ2) is 8.25. The monoisotopic (exact) mass is 403 g/mol. The SMILES string of the molecule is N#CC(Cc1ccc(-c2cnc3c(c2)CNC3=O)cc1)NC(=O)C1(N)CCCCC1. The molecule has 1 aliphatic heterocycles. The summed E-state index contributed by atoms with van der Waals surface area (Å²) in [5.74, 6) is -0.360. The molecule has 7 heteroatoms. The lowest BCUT2D eigenvalue weighted by atomic mass is 9.81. The molecule has 30 heavy (non-hydrogen) atoms. The van der Waals surface area contributed by atoms with Gasteiger partial charge in [-0.1, -0.05) is 43.5 Å². The van der Waals surface area contributed by atoms with Crippen LogP contribution in [0.5, 0.6) is 0 Å². The average Bonchev–Trinajstić information content (AvgIpc) is 3.14. The molecule has 2 heterocycles. The fourth-order valence-corrected chi connectivity index (χ4v) is 4.18. The Kier molecular flexibility index (Phi) is 5.51. The number of aromatic nitrogens is 1. The zero-order valence-corrected chi connectivity index (χ0v) is 16.8. The predicted octanol–water partition coefficient (Wildman–Crippen LogP) is 2.20. The lowest BCUT2D eigenvalue weighted by molar-refractivity contribution is -0.127. The van der Waals surface area contributed by atoms with Crippen LogP contribution >= 0.6 is 0 Å². The van der Waals surface area contributed by atoms with Crippen molar-refractivity contribution in [2.24, 2.45) is 5.73 Å². The number of nitriles is 1. The van der Waals surface area contributed by atoms with Crippen LogP contribution in [0.1, 0.15) is 53.7 Å². The fraction of sp³-hybridized carbons (Fsp3) is 0.391. The lowest BCUT2D eigenvalue weighted by Gasteiger charge is -2.32. The molecule has 0 bridgehead atoms. The smallest absolute Gasteiger partial charge is 0.270 e. The van der Waals surface area contributed by atoms with Gasteiger partial charge in [-0.25, -0.2) is 0 Å². The van der Waals surface area contributed by atoms with Crippen LogP contribution in [0.4, 0.5) is 0 Å². The van der Waals surface area contributed by atoms with Crippen LogP contribution < -0.4 is 16.4 Å². The van der Waals surface area contributed by atoms with Crippen LogP contribution in [-0.2, 0) is 17.8 Å². The zero-order valence-electron chi connectivity index (χ0n) is 16.8. The van der Waals surface area contributed by atoms with E-state index in [1.54, 1.807) is 6.20 Å². The molecule has 1 unspecified atom stereocenters. The molecule has 1 atom stereocenters. The second-order valence-electron chi connectivity index (χ2n) is 8.19. The third-order valence-electron chi connectivity index (χ3n) is 6.01. The number of pyridine rings is 1. The largest absolute Gasteiger partial charge is 0.347 e. The first-order valence-electron chi connectivity index (χ1n) is 10.3. The number of nitrogens with zero attached hydrogens (tertiary/aromatic N) is 2. The number of hydrogen-bond acceptors (Lipinski definition) is 5. The van der Waals surface area contributed by atoms with Crippen molar-refractivity contribution in [3.63, 3.8) is 0 Å². The van der Waals surface area contributed by atoms with Crippen molar-refractivity contribution < 1.29 is 9.59 Å². The molecule has 2 aliphatic rings. The summed E-state index contributed by atoms with van der Waals surface area (Å²) in [6, 6.07) is 11.3. The summed E-state index contributed by atoms with van der Waals surface area (Å²) < 4.78 is 0. The molecule has 1 saturated carbocycles. The minimum atomic E-state index is -0.853. The Labute approximate surface area is 175 Å². The maximum absolute atomic E-state index is 12.6. The molecule has 1 aliphatic carbocycles. The first-order chi connectivity index (χ1) is 14.5. The number of hydrogen-bond donors (Lipinski definition) is 3. The quantitative estimate of drug-likeness (QED) is 0.707. The van der Waals surface area contributed by atoms with E-state index in [-0.39, 0.29) is 11.8 Å². The van der Waals surface area contributed by atoms with Crippen molar-refractivity contribution in [2.75, 3.05) is 0 Å². The third-order valence-corrected chi connectivity index (χ3v) is 6.01. The maximum Gasteiger partial charge on any atom is 0.270 e. The van der Waals surface area contributed by atoms with Crippen LogP contribution in [-0.4, -0.2) is 28.4 Å². The van der Waals surface area contributed by atoms with E-state index in [0.717, 1.165) is 41.5 Å². The molecule has 0 spiro atoms. The first-order valence-corrected chi connectivity index (χ1v) is 10.3. The number of rotatable bonds is 5. The number of nitrogens with one attached hydrogen (secondary N) is 2. The molecule has 154 valence electrons. The fourth-order valence-electron chi connectivity index (χ4n) is 4.18. The van der Waals surface area contributed by atoms with Crippen molar-refractivity contribution >= 4 is 11.8 Å². The van der Waals surface area contributed by atoms with Crippen LogP contribution in [0.25, 0.3) is 11.1 Å².